The van der Waals surface area contributed by atoms with Gasteiger partial charge in [0.15, 0.2) is 0 Å². The van der Waals surface area contributed by atoms with E-state index in [0.717, 1.165) is 4.88 Å². The number of hydrogen-bond donors (Lipinski definition) is 1. The van der Waals surface area contributed by atoms with Crippen molar-refractivity contribution in [3.05, 3.63) is 45.4 Å². The number of benzene rings is 1. The van der Waals surface area contributed by atoms with E-state index in [1.54, 1.807) is 19.1 Å². The molecule has 0 spiro atoms. The molecule has 0 aliphatic heterocycles. The number of ether oxygens (including phenoxy) is 1. The Morgan fingerprint density at radius 3 is 2.45 bits per heavy atom. The molecule has 2 aromatic rings. The molecule has 22 heavy (non-hydrogen) atoms. The summed E-state index contributed by atoms with van der Waals surface area (Å²) in [4.78, 5) is 14.0. The first-order valence-corrected chi connectivity index (χ1v) is 8.00. The first kappa shape index (κ1) is 16.6. The summed E-state index contributed by atoms with van der Waals surface area (Å²) in [6.45, 7) is 5.85. The van der Waals surface area contributed by atoms with Crippen molar-refractivity contribution < 1.29 is 19.0 Å². The van der Waals surface area contributed by atoms with Crippen LogP contribution in [-0.2, 0) is 11.3 Å². The average molecular weight is 322 g/mol. The Bertz CT molecular complexity index is 659. The predicted octanol–water partition coefficient (Wildman–Crippen LogP) is 4.35. The van der Waals surface area contributed by atoms with Crippen LogP contribution in [0.25, 0.3) is 11.1 Å². The molecule has 0 bridgehead atoms. The maximum absolute atomic E-state index is 13.2. The molecule has 1 heterocycles. The minimum atomic E-state index is -0.401. The second kappa shape index (κ2) is 7.03. The molecule has 0 amide bonds. The lowest BCUT2D eigenvalue weighted by molar-refractivity contribution is 0.0526. The summed E-state index contributed by atoms with van der Waals surface area (Å²) in [5.41, 5.74) is 1.84. The third-order valence-electron chi connectivity index (χ3n) is 3.29. The molecular weight excluding hydrogens is 303 g/mol. The Balaban J connectivity index is 2.68. The smallest absolute Gasteiger partial charge is 0.339 e. The van der Waals surface area contributed by atoms with E-state index in [1.165, 1.54) is 23.5 Å². The number of carbonyl (C=O) groups excluding carboxylic acids is 1. The predicted molar refractivity (Wildman–Crippen MR) is 85.7 cm³/mol. The summed E-state index contributed by atoms with van der Waals surface area (Å²) in [5, 5.41) is 9.65. The van der Waals surface area contributed by atoms with Crippen LogP contribution >= 0.6 is 11.3 Å². The van der Waals surface area contributed by atoms with Crippen molar-refractivity contribution in [1.29, 1.82) is 0 Å². The van der Waals surface area contributed by atoms with E-state index in [-0.39, 0.29) is 24.9 Å². The lowest BCUT2D eigenvalue weighted by Crippen LogP contribution is -2.08. The van der Waals surface area contributed by atoms with Gasteiger partial charge in [-0.2, -0.15) is 0 Å². The van der Waals surface area contributed by atoms with Crippen LogP contribution < -0.4 is 0 Å². The summed E-state index contributed by atoms with van der Waals surface area (Å²) in [6.07, 6.45) is 0. The molecule has 0 atom stereocenters. The normalized spacial score (nSPS) is 11.0. The van der Waals surface area contributed by atoms with Gasteiger partial charge in [-0.25, -0.2) is 9.18 Å². The zero-order valence-electron chi connectivity index (χ0n) is 12.9. The molecule has 0 fully saturated rings. The zero-order valence-corrected chi connectivity index (χ0v) is 13.7. The van der Waals surface area contributed by atoms with Crippen molar-refractivity contribution in [3.8, 4) is 11.1 Å². The maximum Gasteiger partial charge on any atom is 0.339 e. The second-order valence-corrected chi connectivity index (χ2v) is 6.32. The van der Waals surface area contributed by atoms with Gasteiger partial charge in [0.1, 0.15) is 5.82 Å². The van der Waals surface area contributed by atoms with Gasteiger partial charge in [-0.15, -0.1) is 11.3 Å². The number of halogens is 1. The molecule has 0 saturated heterocycles. The van der Waals surface area contributed by atoms with E-state index in [0.29, 0.717) is 21.6 Å². The molecule has 1 aromatic carbocycles. The lowest BCUT2D eigenvalue weighted by atomic mass is 9.97. The topological polar surface area (TPSA) is 46.5 Å². The van der Waals surface area contributed by atoms with Crippen LogP contribution in [-0.4, -0.2) is 17.7 Å². The minimum absolute atomic E-state index is 0.129. The standard InChI is InChI=1S/C17H19FO3S/c1-4-21-17(20)15-14(11-5-7-12(18)8-6-11)13(9-19)22-16(15)10(2)3/h5-8,10,19H,4,9H2,1-3H3. The third kappa shape index (κ3) is 3.20. The first-order chi connectivity index (χ1) is 10.5. The fourth-order valence-electron chi connectivity index (χ4n) is 2.34. The zero-order chi connectivity index (χ0) is 16.3. The first-order valence-electron chi connectivity index (χ1n) is 7.19. The molecule has 2 rings (SSSR count). The van der Waals surface area contributed by atoms with Crippen LogP contribution in [0.4, 0.5) is 4.39 Å². The number of aliphatic hydroxyl groups is 1. The Labute approximate surface area is 133 Å². The van der Waals surface area contributed by atoms with Crippen LogP contribution in [0.3, 0.4) is 0 Å². The van der Waals surface area contributed by atoms with E-state index in [1.807, 2.05) is 13.8 Å². The summed E-state index contributed by atoms with van der Waals surface area (Å²) < 4.78 is 18.3. The molecule has 5 heteroatoms. The molecule has 118 valence electrons. The number of hydrogen-bond acceptors (Lipinski definition) is 4. The fraction of sp³-hybridized carbons (Fsp3) is 0.353. The highest BCUT2D eigenvalue weighted by atomic mass is 32.1. The largest absolute Gasteiger partial charge is 0.462 e. The highest BCUT2D eigenvalue weighted by Crippen LogP contribution is 2.40. The van der Waals surface area contributed by atoms with E-state index in [2.05, 4.69) is 0 Å². The van der Waals surface area contributed by atoms with Crippen molar-refractivity contribution >= 4 is 17.3 Å². The van der Waals surface area contributed by atoms with E-state index < -0.39 is 5.97 Å². The number of esters is 1. The average Bonchev–Trinajstić information content (AvgIpc) is 2.88. The fourth-order valence-corrected chi connectivity index (χ4v) is 3.52. The molecule has 0 unspecified atom stereocenters. The monoisotopic (exact) mass is 322 g/mol. The van der Waals surface area contributed by atoms with E-state index in [4.69, 9.17) is 4.74 Å². The van der Waals surface area contributed by atoms with Gasteiger partial charge in [0, 0.05) is 15.3 Å². The molecule has 3 nitrogen and oxygen atoms in total. The molecule has 0 aliphatic carbocycles. The minimum Gasteiger partial charge on any atom is -0.462 e. The second-order valence-electron chi connectivity index (χ2n) is 5.18. The van der Waals surface area contributed by atoms with Gasteiger partial charge in [0.05, 0.1) is 18.8 Å². The van der Waals surface area contributed by atoms with Gasteiger partial charge in [0.2, 0.25) is 0 Å². The third-order valence-corrected chi connectivity index (χ3v) is 4.76. The number of rotatable bonds is 5. The van der Waals surface area contributed by atoms with Gasteiger partial charge in [0.25, 0.3) is 0 Å². The quantitative estimate of drug-likeness (QED) is 0.833. The van der Waals surface area contributed by atoms with E-state index >= 15 is 0 Å². The summed E-state index contributed by atoms with van der Waals surface area (Å²) in [7, 11) is 0. The highest BCUT2D eigenvalue weighted by molar-refractivity contribution is 7.13. The highest BCUT2D eigenvalue weighted by Gasteiger charge is 2.26. The van der Waals surface area contributed by atoms with Gasteiger partial charge in [-0.05, 0) is 30.5 Å². The Morgan fingerprint density at radius 2 is 1.95 bits per heavy atom. The molecule has 1 N–H and O–H groups in total. The molecule has 0 saturated carbocycles. The van der Waals surface area contributed by atoms with Gasteiger partial charge >= 0.3 is 5.97 Å². The van der Waals surface area contributed by atoms with Crippen LogP contribution in [0, 0.1) is 5.82 Å². The number of carbonyl (C=O) groups is 1. The Morgan fingerprint density at radius 1 is 1.32 bits per heavy atom. The van der Waals surface area contributed by atoms with Crippen molar-refractivity contribution in [3.63, 3.8) is 0 Å². The van der Waals surface area contributed by atoms with Gasteiger partial charge in [-0.1, -0.05) is 26.0 Å². The Kier molecular flexibility index (Phi) is 5.32. The summed E-state index contributed by atoms with van der Waals surface area (Å²) in [6, 6.07) is 5.92. The van der Waals surface area contributed by atoms with Crippen LogP contribution in [0.15, 0.2) is 24.3 Å². The number of aliphatic hydroxyl groups excluding tert-OH is 1. The number of thiophene rings is 1. The van der Waals surface area contributed by atoms with Crippen molar-refractivity contribution in [1.82, 2.24) is 0 Å². The summed E-state index contributed by atoms with van der Waals surface area (Å²) >= 11 is 1.40. The van der Waals surface area contributed by atoms with Gasteiger partial charge in [-0.3, -0.25) is 0 Å². The van der Waals surface area contributed by atoms with Crippen molar-refractivity contribution in [2.75, 3.05) is 6.61 Å². The van der Waals surface area contributed by atoms with Crippen LogP contribution in [0.2, 0.25) is 0 Å². The van der Waals surface area contributed by atoms with Crippen molar-refractivity contribution in [2.24, 2.45) is 0 Å². The molecule has 1 aromatic heterocycles. The van der Waals surface area contributed by atoms with Crippen molar-refractivity contribution in [2.45, 2.75) is 33.3 Å². The SMILES string of the molecule is CCOC(=O)c1c(C(C)C)sc(CO)c1-c1ccc(F)cc1. The Hall–Kier alpha value is -1.72. The van der Waals surface area contributed by atoms with Crippen LogP contribution in [0.1, 0.15) is 46.8 Å². The summed E-state index contributed by atoms with van der Waals surface area (Å²) in [5.74, 6) is -0.614. The van der Waals surface area contributed by atoms with Gasteiger partial charge < -0.3 is 9.84 Å². The molecule has 0 aliphatic rings. The maximum atomic E-state index is 13.2. The molecular formula is C17H19FO3S. The van der Waals surface area contributed by atoms with Crippen LogP contribution in [0.5, 0.6) is 0 Å². The lowest BCUT2D eigenvalue weighted by Gasteiger charge is -2.10. The molecule has 0 radical (unpaired) electrons. The van der Waals surface area contributed by atoms with E-state index in [9.17, 15) is 14.3 Å².